The van der Waals surface area contributed by atoms with E-state index in [2.05, 4.69) is 4.90 Å². The summed E-state index contributed by atoms with van der Waals surface area (Å²) < 4.78 is 0. The summed E-state index contributed by atoms with van der Waals surface area (Å²) in [4.78, 5) is 12.9. The first-order valence-corrected chi connectivity index (χ1v) is 4.97. The molecule has 11 heavy (non-hydrogen) atoms. The minimum absolute atomic E-state index is 0.0964. The third kappa shape index (κ3) is 1.25. The molecule has 0 saturated carbocycles. The molecule has 0 unspecified atom stereocenters. The zero-order chi connectivity index (χ0) is 7.84. The Balaban J connectivity index is 1.99. The monoisotopic (exact) mass is 173 g/mol. The van der Waals surface area contributed by atoms with Crippen molar-refractivity contribution in [2.45, 2.75) is 12.5 Å². The molecule has 2 fully saturated rings. The molecule has 4 heteroatoms. The largest absolute Gasteiger partial charge is 0.481 e. The number of carbonyl (C=O) groups is 1. The average Bonchev–Trinajstić information content (AvgIpc) is 2.40. The van der Waals surface area contributed by atoms with Gasteiger partial charge < -0.3 is 5.11 Å². The van der Waals surface area contributed by atoms with E-state index >= 15 is 0 Å². The van der Waals surface area contributed by atoms with Gasteiger partial charge in [-0.15, -0.1) is 11.8 Å². The molecule has 3 nitrogen and oxygen atoms in total. The maximum Gasteiger partial charge on any atom is 0.307 e. The van der Waals surface area contributed by atoms with Gasteiger partial charge in [-0.25, -0.2) is 0 Å². The Kier molecular flexibility index (Phi) is 1.81. The van der Waals surface area contributed by atoms with Crippen LogP contribution in [0.4, 0.5) is 0 Å². The lowest BCUT2D eigenvalue weighted by Gasteiger charge is -2.10. The molecule has 2 rings (SSSR count). The van der Waals surface area contributed by atoms with E-state index in [4.69, 9.17) is 5.11 Å². The van der Waals surface area contributed by atoms with Crippen molar-refractivity contribution in [3.05, 3.63) is 0 Å². The van der Waals surface area contributed by atoms with Crippen LogP contribution in [0.3, 0.4) is 0 Å². The van der Waals surface area contributed by atoms with E-state index in [1.165, 1.54) is 0 Å². The van der Waals surface area contributed by atoms with Gasteiger partial charge in [-0.1, -0.05) is 0 Å². The Morgan fingerprint density at radius 1 is 1.64 bits per heavy atom. The second-order valence-corrected chi connectivity index (χ2v) is 4.20. The van der Waals surface area contributed by atoms with Crippen molar-refractivity contribution in [1.29, 1.82) is 0 Å². The Morgan fingerprint density at radius 2 is 2.45 bits per heavy atom. The highest BCUT2D eigenvalue weighted by molar-refractivity contribution is 7.99. The van der Waals surface area contributed by atoms with Crippen LogP contribution >= 0.6 is 11.8 Å². The number of nitrogens with zero attached hydrogens (tertiary/aromatic N) is 1. The smallest absolute Gasteiger partial charge is 0.307 e. The zero-order valence-corrected chi connectivity index (χ0v) is 7.01. The first-order valence-electron chi connectivity index (χ1n) is 3.82. The van der Waals surface area contributed by atoms with Gasteiger partial charge in [0.25, 0.3) is 0 Å². The van der Waals surface area contributed by atoms with Crippen LogP contribution in [-0.4, -0.2) is 40.2 Å². The molecule has 2 heterocycles. The molecule has 62 valence electrons. The van der Waals surface area contributed by atoms with Crippen molar-refractivity contribution in [2.24, 2.45) is 5.92 Å². The third-order valence-electron chi connectivity index (χ3n) is 2.44. The molecule has 2 aliphatic heterocycles. The van der Waals surface area contributed by atoms with Crippen molar-refractivity contribution in [2.75, 3.05) is 18.2 Å². The van der Waals surface area contributed by atoms with E-state index in [0.29, 0.717) is 6.04 Å². The van der Waals surface area contributed by atoms with Crippen LogP contribution < -0.4 is 0 Å². The highest BCUT2D eigenvalue weighted by atomic mass is 32.2. The van der Waals surface area contributed by atoms with Gasteiger partial charge in [0, 0.05) is 24.2 Å². The SMILES string of the molecule is O=C(O)[C@@H]1C[C@@H]2CSCN2C1. The van der Waals surface area contributed by atoms with Gasteiger partial charge in [0.05, 0.1) is 5.92 Å². The predicted molar refractivity (Wildman–Crippen MR) is 43.6 cm³/mol. The lowest BCUT2D eigenvalue weighted by Crippen LogP contribution is -2.24. The van der Waals surface area contributed by atoms with Gasteiger partial charge >= 0.3 is 5.97 Å². The highest BCUT2D eigenvalue weighted by Crippen LogP contribution is 2.32. The summed E-state index contributed by atoms with van der Waals surface area (Å²) in [6.07, 6.45) is 0.863. The number of fused-ring (bicyclic) bond motifs is 1. The molecule has 0 aliphatic carbocycles. The van der Waals surface area contributed by atoms with Crippen LogP contribution in [0.2, 0.25) is 0 Å². The topological polar surface area (TPSA) is 40.5 Å². The van der Waals surface area contributed by atoms with Gasteiger partial charge in [0.1, 0.15) is 0 Å². The highest BCUT2D eigenvalue weighted by Gasteiger charge is 2.38. The number of rotatable bonds is 1. The molecular formula is C7H11NO2S. The van der Waals surface area contributed by atoms with Crippen molar-refractivity contribution < 1.29 is 9.90 Å². The second kappa shape index (κ2) is 2.68. The molecule has 0 aromatic heterocycles. The molecule has 0 bridgehead atoms. The van der Waals surface area contributed by atoms with E-state index in [-0.39, 0.29) is 5.92 Å². The summed E-state index contributed by atoms with van der Waals surface area (Å²) in [5.74, 6) is 1.45. The minimum Gasteiger partial charge on any atom is -0.481 e. The summed E-state index contributed by atoms with van der Waals surface area (Å²) in [6, 6.07) is 0.557. The quantitative estimate of drug-likeness (QED) is 0.625. The molecule has 0 amide bonds. The Hall–Kier alpha value is -0.220. The first-order chi connectivity index (χ1) is 5.27. The van der Waals surface area contributed by atoms with E-state index < -0.39 is 5.97 Å². The Morgan fingerprint density at radius 3 is 3.09 bits per heavy atom. The standard InChI is InChI=1S/C7H11NO2S/c9-7(10)5-1-6-3-11-4-8(6)2-5/h5-6H,1-4H2,(H,9,10)/t5-,6-/m1/s1. The van der Waals surface area contributed by atoms with Crippen LogP contribution in [0, 0.1) is 5.92 Å². The van der Waals surface area contributed by atoms with Gasteiger partial charge in [0.2, 0.25) is 0 Å². The number of hydrogen-bond donors (Lipinski definition) is 1. The molecule has 0 aromatic carbocycles. The van der Waals surface area contributed by atoms with Gasteiger partial charge in [-0.2, -0.15) is 0 Å². The lowest BCUT2D eigenvalue weighted by molar-refractivity contribution is -0.141. The molecule has 2 saturated heterocycles. The first kappa shape index (κ1) is 7.43. The van der Waals surface area contributed by atoms with Gasteiger partial charge in [0.15, 0.2) is 0 Å². The average molecular weight is 173 g/mol. The Labute approximate surface area is 69.8 Å². The summed E-state index contributed by atoms with van der Waals surface area (Å²) in [5.41, 5.74) is 0. The summed E-state index contributed by atoms with van der Waals surface area (Å²) in [6.45, 7) is 0.771. The van der Waals surface area contributed by atoms with E-state index in [0.717, 1.165) is 24.6 Å². The van der Waals surface area contributed by atoms with Gasteiger partial charge in [-0.3, -0.25) is 9.69 Å². The van der Waals surface area contributed by atoms with E-state index in [1.807, 2.05) is 11.8 Å². The van der Waals surface area contributed by atoms with Crippen LogP contribution in [0.5, 0.6) is 0 Å². The maximum atomic E-state index is 10.6. The number of hydrogen-bond acceptors (Lipinski definition) is 3. The normalized spacial score (nSPS) is 37.5. The second-order valence-electron chi connectivity index (χ2n) is 3.20. The van der Waals surface area contributed by atoms with Crippen molar-refractivity contribution in [3.8, 4) is 0 Å². The van der Waals surface area contributed by atoms with Gasteiger partial charge in [-0.05, 0) is 6.42 Å². The fourth-order valence-corrected chi connectivity index (χ4v) is 3.08. The zero-order valence-electron chi connectivity index (χ0n) is 6.19. The molecule has 2 atom stereocenters. The number of carboxylic acid groups (broad SMARTS) is 1. The van der Waals surface area contributed by atoms with Crippen LogP contribution in [0.1, 0.15) is 6.42 Å². The number of carboxylic acids is 1. The molecule has 0 spiro atoms. The van der Waals surface area contributed by atoms with Crippen LogP contribution in [0.25, 0.3) is 0 Å². The summed E-state index contributed by atoms with van der Waals surface area (Å²) >= 11 is 1.91. The fourth-order valence-electron chi connectivity index (χ4n) is 1.80. The molecule has 1 N–H and O–H groups in total. The lowest BCUT2D eigenvalue weighted by atomic mass is 10.1. The molecule has 0 aromatic rings. The fraction of sp³-hybridized carbons (Fsp3) is 0.857. The van der Waals surface area contributed by atoms with Crippen LogP contribution in [-0.2, 0) is 4.79 Å². The summed E-state index contributed by atoms with van der Waals surface area (Å²) in [7, 11) is 0. The van der Waals surface area contributed by atoms with E-state index in [1.54, 1.807) is 0 Å². The molecular weight excluding hydrogens is 162 g/mol. The predicted octanol–water partition coefficient (Wildman–Crippen LogP) is 0.466. The number of aliphatic carboxylic acids is 1. The Bertz CT molecular complexity index is 173. The molecule has 2 aliphatic rings. The third-order valence-corrected chi connectivity index (χ3v) is 3.58. The summed E-state index contributed by atoms with van der Waals surface area (Å²) in [5, 5.41) is 8.73. The van der Waals surface area contributed by atoms with Crippen molar-refractivity contribution in [1.82, 2.24) is 4.90 Å². The van der Waals surface area contributed by atoms with Crippen molar-refractivity contribution >= 4 is 17.7 Å². The number of thioether (sulfide) groups is 1. The minimum atomic E-state index is -0.621. The van der Waals surface area contributed by atoms with E-state index in [9.17, 15) is 4.79 Å². The van der Waals surface area contributed by atoms with Crippen LogP contribution in [0.15, 0.2) is 0 Å². The maximum absolute atomic E-state index is 10.6. The van der Waals surface area contributed by atoms with Crippen molar-refractivity contribution in [3.63, 3.8) is 0 Å². The molecule has 0 radical (unpaired) electrons.